The van der Waals surface area contributed by atoms with Crippen LogP contribution in [0.2, 0.25) is 10.0 Å². The Morgan fingerprint density at radius 3 is 2.22 bits per heavy atom. The SMILES string of the molecule is N#CC(C#N)[C@@H](CC(=O)c1ccc(Cl)c(Cl)c1)c1ccccc1. The summed E-state index contributed by atoms with van der Waals surface area (Å²) in [6, 6.07) is 17.7. The van der Waals surface area contributed by atoms with E-state index in [4.69, 9.17) is 23.2 Å². The maximum Gasteiger partial charge on any atom is 0.163 e. The molecule has 0 amide bonds. The van der Waals surface area contributed by atoms with Gasteiger partial charge in [0.05, 0.1) is 22.2 Å². The van der Waals surface area contributed by atoms with Crippen LogP contribution in [0.5, 0.6) is 0 Å². The first-order valence-corrected chi connectivity index (χ1v) is 7.65. The van der Waals surface area contributed by atoms with E-state index < -0.39 is 11.8 Å². The van der Waals surface area contributed by atoms with E-state index in [0.29, 0.717) is 15.6 Å². The Hall–Kier alpha value is -2.33. The Labute approximate surface area is 144 Å². The quantitative estimate of drug-likeness (QED) is 0.717. The highest BCUT2D eigenvalue weighted by molar-refractivity contribution is 6.42. The molecule has 0 aliphatic rings. The summed E-state index contributed by atoms with van der Waals surface area (Å²) in [5.74, 6) is -1.58. The van der Waals surface area contributed by atoms with E-state index in [2.05, 4.69) is 0 Å². The van der Waals surface area contributed by atoms with Crippen LogP contribution in [-0.4, -0.2) is 5.78 Å². The van der Waals surface area contributed by atoms with Crippen molar-refractivity contribution < 1.29 is 4.79 Å². The number of nitriles is 2. The lowest BCUT2D eigenvalue weighted by atomic mass is 9.83. The fourth-order valence-electron chi connectivity index (χ4n) is 2.32. The van der Waals surface area contributed by atoms with Crippen molar-refractivity contribution in [2.75, 3.05) is 0 Å². The van der Waals surface area contributed by atoms with Gasteiger partial charge in [0.25, 0.3) is 0 Å². The van der Waals surface area contributed by atoms with E-state index in [1.54, 1.807) is 12.1 Å². The summed E-state index contributed by atoms with van der Waals surface area (Å²) in [5.41, 5.74) is 1.20. The van der Waals surface area contributed by atoms with E-state index in [0.717, 1.165) is 5.56 Å². The van der Waals surface area contributed by atoms with Crippen molar-refractivity contribution >= 4 is 29.0 Å². The van der Waals surface area contributed by atoms with E-state index in [1.165, 1.54) is 6.07 Å². The Kier molecular flexibility index (Phi) is 5.77. The second-order valence-electron chi connectivity index (χ2n) is 5.01. The van der Waals surface area contributed by atoms with Gasteiger partial charge >= 0.3 is 0 Å². The summed E-state index contributed by atoms with van der Waals surface area (Å²) in [5, 5.41) is 19.1. The Bertz CT molecular complexity index is 777. The molecule has 3 nitrogen and oxygen atoms in total. The lowest BCUT2D eigenvalue weighted by Gasteiger charge is -2.17. The smallest absolute Gasteiger partial charge is 0.163 e. The lowest BCUT2D eigenvalue weighted by molar-refractivity contribution is 0.0971. The molecule has 2 rings (SSSR count). The van der Waals surface area contributed by atoms with Gasteiger partial charge in [-0.05, 0) is 23.8 Å². The Morgan fingerprint density at radius 1 is 1.00 bits per heavy atom. The van der Waals surface area contributed by atoms with Crippen molar-refractivity contribution in [3.05, 3.63) is 69.7 Å². The van der Waals surface area contributed by atoms with Crippen LogP contribution in [0.25, 0.3) is 0 Å². The first kappa shape index (κ1) is 17.0. The second-order valence-corrected chi connectivity index (χ2v) is 5.82. The number of Topliss-reactive ketones (excluding diaryl/α,β-unsaturated/α-hetero) is 1. The van der Waals surface area contributed by atoms with Crippen molar-refractivity contribution in [1.82, 2.24) is 0 Å². The van der Waals surface area contributed by atoms with E-state index in [-0.39, 0.29) is 12.2 Å². The highest BCUT2D eigenvalue weighted by Crippen LogP contribution is 2.30. The summed E-state index contributed by atoms with van der Waals surface area (Å²) in [4.78, 5) is 12.5. The number of nitrogens with zero attached hydrogens (tertiary/aromatic N) is 2. The summed E-state index contributed by atoms with van der Waals surface area (Å²) >= 11 is 11.8. The molecule has 0 aliphatic carbocycles. The molecular formula is C18H12Cl2N2O. The minimum absolute atomic E-state index is 0.0494. The molecule has 0 aromatic heterocycles. The van der Waals surface area contributed by atoms with E-state index in [1.807, 2.05) is 42.5 Å². The van der Waals surface area contributed by atoms with E-state index in [9.17, 15) is 15.3 Å². The first-order chi connectivity index (χ1) is 11.1. The van der Waals surface area contributed by atoms with Gasteiger partial charge in [-0.25, -0.2) is 0 Å². The standard InChI is InChI=1S/C18H12Cl2N2O/c19-16-7-6-13(8-17(16)20)18(23)9-15(14(10-21)11-22)12-4-2-1-3-5-12/h1-8,14-15H,9H2/t15-/m0/s1. The van der Waals surface area contributed by atoms with Gasteiger partial charge in [-0.3, -0.25) is 4.79 Å². The maximum atomic E-state index is 12.5. The second kappa shape index (κ2) is 7.79. The summed E-state index contributed by atoms with van der Waals surface area (Å²) in [6.45, 7) is 0. The van der Waals surface area contributed by atoms with Gasteiger partial charge in [0.15, 0.2) is 5.78 Å². The molecule has 0 heterocycles. The monoisotopic (exact) mass is 342 g/mol. The predicted octanol–water partition coefficient (Wildman–Crippen LogP) is 5.01. The molecule has 0 unspecified atom stereocenters. The summed E-state index contributed by atoms with van der Waals surface area (Å²) < 4.78 is 0. The van der Waals surface area contributed by atoms with Crippen molar-refractivity contribution in [2.45, 2.75) is 12.3 Å². The molecule has 2 aromatic rings. The molecule has 23 heavy (non-hydrogen) atoms. The number of carbonyl (C=O) groups is 1. The molecule has 0 saturated heterocycles. The van der Waals surface area contributed by atoms with Crippen LogP contribution in [0.3, 0.4) is 0 Å². The number of benzene rings is 2. The van der Waals surface area contributed by atoms with Crippen LogP contribution in [0.1, 0.15) is 28.3 Å². The van der Waals surface area contributed by atoms with Gasteiger partial charge in [0.1, 0.15) is 5.92 Å². The van der Waals surface area contributed by atoms with Crippen LogP contribution in [0, 0.1) is 28.6 Å². The molecule has 0 saturated carbocycles. The highest BCUT2D eigenvalue weighted by atomic mass is 35.5. The number of rotatable bonds is 5. The molecule has 1 atom stereocenters. The third kappa shape index (κ3) is 4.11. The first-order valence-electron chi connectivity index (χ1n) is 6.89. The van der Waals surface area contributed by atoms with Crippen molar-refractivity contribution in [3.63, 3.8) is 0 Å². The third-order valence-electron chi connectivity index (χ3n) is 3.56. The van der Waals surface area contributed by atoms with Gasteiger partial charge in [-0.2, -0.15) is 10.5 Å². The lowest BCUT2D eigenvalue weighted by Crippen LogP contribution is -2.15. The molecule has 0 bridgehead atoms. The van der Waals surface area contributed by atoms with Crippen LogP contribution < -0.4 is 0 Å². The number of hydrogen-bond donors (Lipinski definition) is 0. The molecule has 0 fully saturated rings. The van der Waals surface area contributed by atoms with Crippen molar-refractivity contribution in [2.24, 2.45) is 5.92 Å². The summed E-state index contributed by atoms with van der Waals surface area (Å²) in [6.07, 6.45) is 0.0494. The molecule has 0 N–H and O–H groups in total. The Morgan fingerprint density at radius 2 is 1.65 bits per heavy atom. The zero-order chi connectivity index (χ0) is 16.8. The third-order valence-corrected chi connectivity index (χ3v) is 4.29. The Balaban J connectivity index is 2.31. The average molecular weight is 343 g/mol. The maximum absolute atomic E-state index is 12.5. The number of carbonyl (C=O) groups excluding carboxylic acids is 1. The van der Waals surface area contributed by atoms with Gasteiger partial charge in [0, 0.05) is 17.9 Å². The van der Waals surface area contributed by atoms with Crippen LogP contribution >= 0.6 is 23.2 Å². The van der Waals surface area contributed by atoms with Gasteiger partial charge < -0.3 is 0 Å². The summed E-state index contributed by atoms with van der Waals surface area (Å²) in [7, 11) is 0. The topological polar surface area (TPSA) is 64.7 Å². The molecule has 0 spiro atoms. The minimum Gasteiger partial charge on any atom is -0.294 e. The average Bonchev–Trinajstić information content (AvgIpc) is 2.58. The number of ketones is 1. The van der Waals surface area contributed by atoms with Crippen LogP contribution in [0.15, 0.2) is 48.5 Å². The van der Waals surface area contributed by atoms with Gasteiger partial charge in [0.2, 0.25) is 0 Å². The van der Waals surface area contributed by atoms with Gasteiger partial charge in [-0.1, -0.05) is 53.5 Å². The van der Waals surface area contributed by atoms with Gasteiger partial charge in [-0.15, -0.1) is 0 Å². The molecule has 5 heteroatoms. The molecular weight excluding hydrogens is 331 g/mol. The molecule has 0 aliphatic heterocycles. The largest absolute Gasteiger partial charge is 0.294 e. The predicted molar refractivity (Wildman–Crippen MR) is 89.3 cm³/mol. The fourth-order valence-corrected chi connectivity index (χ4v) is 2.62. The zero-order valence-corrected chi connectivity index (χ0v) is 13.6. The molecule has 114 valence electrons. The minimum atomic E-state index is -0.899. The molecule has 2 aromatic carbocycles. The molecule has 0 radical (unpaired) electrons. The van der Waals surface area contributed by atoms with Crippen LogP contribution in [-0.2, 0) is 0 Å². The van der Waals surface area contributed by atoms with Crippen molar-refractivity contribution in [3.8, 4) is 12.1 Å². The normalized spacial score (nSPS) is 11.5. The number of halogens is 2. The van der Waals surface area contributed by atoms with E-state index >= 15 is 0 Å². The number of hydrogen-bond acceptors (Lipinski definition) is 3. The highest BCUT2D eigenvalue weighted by Gasteiger charge is 2.26. The van der Waals surface area contributed by atoms with Crippen LogP contribution in [0.4, 0.5) is 0 Å². The zero-order valence-electron chi connectivity index (χ0n) is 12.0. The fraction of sp³-hybridized carbons (Fsp3) is 0.167. The van der Waals surface area contributed by atoms with Crippen molar-refractivity contribution in [1.29, 1.82) is 10.5 Å².